The van der Waals surface area contributed by atoms with Gasteiger partial charge in [0, 0.05) is 17.5 Å². The van der Waals surface area contributed by atoms with Crippen molar-refractivity contribution in [3.8, 4) is 0 Å². The van der Waals surface area contributed by atoms with Gasteiger partial charge in [-0.3, -0.25) is 19.2 Å². The van der Waals surface area contributed by atoms with Gasteiger partial charge < -0.3 is 15.3 Å². The number of benzene rings is 1. The molecule has 1 fully saturated rings. The summed E-state index contributed by atoms with van der Waals surface area (Å²) in [7, 11) is 0. The molecule has 2 N–H and O–H groups in total. The summed E-state index contributed by atoms with van der Waals surface area (Å²) in [6.45, 7) is 5.54. The van der Waals surface area contributed by atoms with Crippen LogP contribution in [0.2, 0.25) is 0 Å². The first-order chi connectivity index (χ1) is 13.6. The Kier molecular flexibility index (Phi) is 6.02. The monoisotopic (exact) mass is 428 g/mol. The van der Waals surface area contributed by atoms with Gasteiger partial charge in [0.1, 0.15) is 6.54 Å². The van der Waals surface area contributed by atoms with Crippen molar-refractivity contribution in [2.75, 3.05) is 6.54 Å². The Hall–Kier alpha value is -2.91. The van der Waals surface area contributed by atoms with Crippen LogP contribution in [0, 0.1) is 11.3 Å². The average Bonchev–Trinajstić information content (AvgIpc) is 2.62. The number of hydrogen-bond donors (Lipinski definition) is 2. The van der Waals surface area contributed by atoms with E-state index in [1.54, 1.807) is 27.7 Å². The Morgan fingerprint density at radius 1 is 1.10 bits per heavy atom. The minimum absolute atomic E-state index is 0.122. The van der Waals surface area contributed by atoms with Crippen molar-refractivity contribution in [3.05, 3.63) is 35.4 Å². The van der Waals surface area contributed by atoms with Gasteiger partial charge in [-0.05, 0) is 31.5 Å². The smallest absolute Gasteiger partial charge is 0.416 e. The third-order valence-electron chi connectivity index (χ3n) is 5.89. The van der Waals surface area contributed by atoms with Gasteiger partial charge in [-0.25, -0.2) is 0 Å². The molecule has 0 radical (unpaired) electrons. The lowest BCUT2D eigenvalue weighted by atomic mass is 9.63. The zero-order chi connectivity index (χ0) is 23.1. The van der Waals surface area contributed by atoms with Crippen LogP contribution in [0.25, 0.3) is 0 Å². The van der Waals surface area contributed by atoms with Crippen LogP contribution in [-0.2, 0) is 31.9 Å². The first kappa shape index (κ1) is 23.4. The third-order valence-corrected chi connectivity index (χ3v) is 5.89. The largest absolute Gasteiger partial charge is 0.480 e. The number of alkyl halides is 3. The maximum atomic E-state index is 13.1. The summed E-state index contributed by atoms with van der Waals surface area (Å²) in [5.74, 6) is -5.56. The molecule has 2 amide bonds. The number of likely N-dealkylation sites (tertiary alicyclic amines) is 1. The van der Waals surface area contributed by atoms with Crippen molar-refractivity contribution in [3.63, 3.8) is 0 Å². The second-order valence-corrected chi connectivity index (χ2v) is 8.21. The number of rotatable bonds is 5. The Morgan fingerprint density at radius 3 is 2.10 bits per heavy atom. The lowest BCUT2D eigenvalue weighted by Crippen LogP contribution is -2.68. The van der Waals surface area contributed by atoms with Crippen molar-refractivity contribution < 1.29 is 37.5 Å². The average molecular weight is 428 g/mol. The number of nitrogens with zero attached hydrogens (tertiary/aromatic N) is 1. The fraction of sp³-hybridized carbons (Fsp3) is 0.500. The van der Waals surface area contributed by atoms with Gasteiger partial charge in [-0.1, -0.05) is 26.0 Å². The predicted molar refractivity (Wildman–Crippen MR) is 99.0 cm³/mol. The van der Waals surface area contributed by atoms with Gasteiger partial charge in [-0.15, -0.1) is 0 Å². The molecule has 0 aromatic heterocycles. The summed E-state index contributed by atoms with van der Waals surface area (Å²) >= 11 is 0. The molecule has 10 heteroatoms. The molecular formula is C20H23F3N2O5. The second kappa shape index (κ2) is 7.73. The third kappa shape index (κ3) is 4.17. The number of Topliss-reactive ketones (excluding diaryl/α,β-unsaturated/α-hetero) is 1. The summed E-state index contributed by atoms with van der Waals surface area (Å²) in [4.78, 5) is 50.4. The van der Waals surface area contributed by atoms with Gasteiger partial charge in [0.15, 0.2) is 11.7 Å². The molecule has 1 heterocycles. The van der Waals surface area contributed by atoms with Crippen molar-refractivity contribution in [1.82, 2.24) is 10.2 Å². The first-order valence-corrected chi connectivity index (χ1v) is 9.12. The van der Waals surface area contributed by atoms with Gasteiger partial charge >= 0.3 is 12.1 Å². The van der Waals surface area contributed by atoms with E-state index in [0.29, 0.717) is 5.56 Å². The van der Waals surface area contributed by atoms with Crippen molar-refractivity contribution >= 4 is 23.6 Å². The van der Waals surface area contributed by atoms with Crippen LogP contribution in [0.1, 0.15) is 38.8 Å². The number of carbonyl (C=O) groups excluding carboxylic acids is 3. The highest BCUT2D eigenvalue weighted by molar-refractivity contribution is 6.21. The van der Waals surface area contributed by atoms with Crippen LogP contribution in [0.15, 0.2) is 24.3 Å². The van der Waals surface area contributed by atoms with Gasteiger partial charge in [-0.2, -0.15) is 13.2 Å². The molecule has 0 aliphatic carbocycles. The number of halogens is 3. The van der Waals surface area contributed by atoms with Crippen molar-refractivity contribution in [2.45, 2.75) is 46.0 Å². The number of aliphatic carboxylic acids is 1. The minimum atomic E-state index is -4.50. The summed E-state index contributed by atoms with van der Waals surface area (Å²) in [6.07, 6.45) is -4.50. The minimum Gasteiger partial charge on any atom is -0.480 e. The van der Waals surface area contributed by atoms with E-state index < -0.39 is 58.7 Å². The molecule has 1 aromatic rings. The number of carbonyl (C=O) groups is 4. The van der Waals surface area contributed by atoms with Crippen LogP contribution in [0.4, 0.5) is 13.2 Å². The first-order valence-electron chi connectivity index (χ1n) is 9.12. The number of nitrogens with one attached hydrogen (secondary N) is 1. The van der Waals surface area contributed by atoms with Crippen LogP contribution >= 0.6 is 0 Å². The van der Waals surface area contributed by atoms with Gasteiger partial charge in [0.05, 0.1) is 5.56 Å². The molecular weight excluding hydrogens is 405 g/mol. The number of carboxylic acid groups (broad SMARTS) is 1. The SMILES string of the molecule is CC1(C)C(=O)C(C(=O)NCC(=O)O)C(=O)N(Cc2ccc(C(F)(F)F)cc2)C1(C)C. The maximum absolute atomic E-state index is 13.1. The molecule has 0 saturated carbocycles. The Labute approximate surface area is 171 Å². The van der Waals surface area contributed by atoms with Crippen molar-refractivity contribution in [2.24, 2.45) is 11.3 Å². The Bertz CT molecular complexity index is 875. The standard InChI is InChI=1S/C20H23F3N2O5/c1-18(2)15(28)14(16(29)24-9-13(26)27)17(30)25(19(18,3)4)10-11-5-7-12(8-6-11)20(21,22)23/h5-8,14H,9-10H2,1-4H3,(H,24,29)(H,26,27). The number of ketones is 1. The molecule has 1 aliphatic heterocycles. The molecule has 164 valence electrons. The van der Waals surface area contributed by atoms with Crippen LogP contribution < -0.4 is 5.32 Å². The van der Waals surface area contributed by atoms with Gasteiger partial charge in [0.2, 0.25) is 11.8 Å². The van der Waals surface area contributed by atoms with E-state index in [2.05, 4.69) is 5.32 Å². The molecule has 1 unspecified atom stereocenters. The normalized spacial score (nSPS) is 20.8. The summed E-state index contributed by atoms with van der Waals surface area (Å²) in [5, 5.41) is 10.8. The number of piperidine rings is 1. The molecule has 1 aromatic carbocycles. The predicted octanol–water partition coefficient (Wildman–Crippen LogP) is 2.24. The Morgan fingerprint density at radius 2 is 1.63 bits per heavy atom. The number of hydrogen-bond acceptors (Lipinski definition) is 4. The Balaban J connectivity index is 2.38. The molecule has 7 nitrogen and oxygen atoms in total. The molecule has 2 rings (SSSR count). The molecule has 0 bridgehead atoms. The van der Waals surface area contributed by atoms with Crippen LogP contribution in [-0.4, -0.2) is 45.7 Å². The zero-order valence-electron chi connectivity index (χ0n) is 17.0. The van der Waals surface area contributed by atoms with E-state index in [1.807, 2.05) is 0 Å². The van der Waals surface area contributed by atoms with E-state index in [1.165, 1.54) is 17.0 Å². The van der Waals surface area contributed by atoms with E-state index in [9.17, 15) is 32.3 Å². The lowest BCUT2D eigenvalue weighted by molar-refractivity contribution is -0.170. The quantitative estimate of drug-likeness (QED) is 0.700. The molecule has 30 heavy (non-hydrogen) atoms. The second-order valence-electron chi connectivity index (χ2n) is 8.21. The molecule has 1 aliphatic rings. The highest BCUT2D eigenvalue weighted by Gasteiger charge is 2.59. The van der Waals surface area contributed by atoms with Crippen LogP contribution in [0.5, 0.6) is 0 Å². The van der Waals surface area contributed by atoms with Gasteiger partial charge in [0.25, 0.3) is 0 Å². The highest BCUT2D eigenvalue weighted by Crippen LogP contribution is 2.44. The zero-order valence-corrected chi connectivity index (χ0v) is 17.0. The summed E-state index contributed by atoms with van der Waals surface area (Å²) in [5.41, 5.74) is -2.69. The number of carboxylic acids is 1. The number of amides is 2. The molecule has 1 atom stereocenters. The molecule has 0 spiro atoms. The highest BCUT2D eigenvalue weighted by atomic mass is 19.4. The lowest BCUT2D eigenvalue weighted by Gasteiger charge is -2.53. The fourth-order valence-electron chi connectivity index (χ4n) is 3.30. The summed E-state index contributed by atoms with van der Waals surface area (Å²) in [6, 6.07) is 4.25. The van der Waals surface area contributed by atoms with Crippen molar-refractivity contribution in [1.29, 1.82) is 0 Å². The van der Waals surface area contributed by atoms with E-state index in [0.717, 1.165) is 12.1 Å². The van der Waals surface area contributed by atoms with E-state index >= 15 is 0 Å². The topological polar surface area (TPSA) is 104 Å². The van der Waals surface area contributed by atoms with E-state index in [-0.39, 0.29) is 6.54 Å². The summed E-state index contributed by atoms with van der Waals surface area (Å²) < 4.78 is 38.4. The van der Waals surface area contributed by atoms with Crippen LogP contribution in [0.3, 0.4) is 0 Å². The maximum Gasteiger partial charge on any atom is 0.416 e. The fourth-order valence-corrected chi connectivity index (χ4v) is 3.30. The van der Waals surface area contributed by atoms with E-state index in [4.69, 9.17) is 5.11 Å². The molecule has 1 saturated heterocycles.